The maximum atomic E-state index is 8.93. The van der Waals surface area contributed by atoms with Crippen LogP contribution in [0.1, 0.15) is 22.5 Å². The van der Waals surface area contributed by atoms with Crippen LogP contribution in [-0.4, -0.2) is 16.9 Å². The Hall–Kier alpha value is -2.28. The molecule has 18 heavy (non-hydrogen) atoms. The molecule has 0 spiro atoms. The summed E-state index contributed by atoms with van der Waals surface area (Å²) in [5.74, 6) is 0.608. The van der Waals surface area contributed by atoms with Gasteiger partial charge in [-0.1, -0.05) is 6.07 Å². The Morgan fingerprint density at radius 2 is 2.11 bits per heavy atom. The smallest absolute Gasteiger partial charge is 0.136 e. The summed E-state index contributed by atoms with van der Waals surface area (Å²) in [6, 6.07) is 9.74. The minimum absolute atomic E-state index is 0.551. The third kappa shape index (κ3) is 2.35. The molecule has 0 aliphatic rings. The largest absolute Gasteiger partial charge is 0.495 e. The summed E-state index contributed by atoms with van der Waals surface area (Å²) in [5.41, 5.74) is 3.75. The van der Waals surface area contributed by atoms with Crippen molar-refractivity contribution in [1.29, 1.82) is 5.26 Å². The van der Waals surface area contributed by atoms with E-state index < -0.39 is 0 Å². The van der Waals surface area contributed by atoms with Crippen LogP contribution in [0.3, 0.4) is 0 Å². The number of rotatable bonds is 3. The van der Waals surface area contributed by atoms with E-state index in [9.17, 15) is 0 Å². The minimum Gasteiger partial charge on any atom is -0.495 e. The van der Waals surface area contributed by atoms with Crippen molar-refractivity contribution in [2.75, 3.05) is 7.11 Å². The number of methoxy groups -OCH3 is 1. The molecule has 0 radical (unpaired) electrons. The Kier molecular flexibility index (Phi) is 3.33. The number of aromatic nitrogens is 2. The predicted octanol–water partition coefficient (Wildman–Crippen LogP) is 2.43. The molecule has 2 rings (SSSR count). The molecule has 1 aromatic heterocycles. The second-order valence-electron chi connectivity index (χ2n) is 4.23. The van der Waals surface area contributed by atoms with Gasteiger partial charge in [0, 0.05) is 5.69 Å². The van der Waals surface area contributed by atoms with E-state index in [1.807, 2.05) is 36.7 Å². The minimum atomic E-state index is 0.551. The molecule has 0 saturated heterocycles. The molecular weight excluding hydrogens is 226 g/mol. The van der Waals surface area contributed by atoms with Gasteiger partial charge in [0.1, 0.15) is 11.8 Å². The third-order valence-electron chi connectivity index (χ3n) is 2.82. The molecule has 4 nitrogen and oxygen atoms in total. The van der Waals surface area contributed by atoms with Crippen molar-refractivity contribution in [1.82, 2.24) is 9.78 Å². The highest BCUT2D eigenvalue weighted by molar-refractivity contribution is 5.45. The Labute approximate surface area is 106 Å². The van der Waals surface area contributed by atoms with Gasteiger partial charge in [-0.3, -0.25) is 4.68 Å². The molecule has 0 fully saturated rings. The summed E-state index contributed by atoms with van der Waals surface area (Å²) in [7, 11) is 1.57. The molecule has 0 saturated carbocycles. The lowest BCUT2D eigenvalue weighted by atomic mass is 10.1. The summed E-state index contributed by atoms with van der Waals surface area (Å²) in [5, 5.41) is 13.3. The normalized spacial score (nSPS) is 10.1. The van der Waals surface area contributed by atoms with Gasteiger partial charge in [0.25, 0.3) is 0 Å². The van der Waals surface area contributed by atoms with Gasteiger partial charge in [0.2, 0.25) is 0 Å². The quantitative estimate of drug-likeness (QED) is 0.829. The monoisotopic (exact) mass is 241 g/mol. The van der Waals surface area contributed by atoms with Crippen LogP contribution in [0.2, 0.25) is 0 Å². The summed E-state index contributed by atoms with van der Waals surface area (Å²) in [6.07, 6.45) is 0. The predicted molar refractivity (Wildman–Crippen MR) is 68.5 cm³/mol. The van der Waals surface area contributed by atoms with Gasteiger partial charge >= 0.3 is 0 Å². The summed E-state index contributed by atoms with van der Waals surface area (Å²) < 4.78 is 7.14. The molecule has 4 heteroatoms. The van der Waals surface area contributed by atoms with Crippen LogP contribution >= 0.6 is 0 Å². The zero-order valence-electron chi connectivity index (χ0n) is 10.8. The molecule has 2 aromatic rings. The number of hydrogen-bond acceptors (Lipinski definition) is 3. The molecule has 1 aromatic carbocycles. The van der Waals surface area contributed by atoms with Gasteiger partial charge in [-0.2, -0.15) is 10.4 Å². The second kappa shape index (κ2) is 4.92. The van der Waals surface area contributed by atoms with E-state index in [0.29, 0.717) is 17.9 Å². The van der Waals surface area contributed by atoms with Crippen LogP contribution in [0.15, 0.2) is 24.3 Å². The first-order valence-electron chi connectivity index (χ1n) is 5.72. The lowest BCUT2D eigenvalue weighted by Crippen LogP contribution is -2.04. The standard InChI is InChI=1S/C14H15N3O/c1-10-6-11(2)17(16-10)9-12-4-5-13(8-15)14(7-12)18-3/h4-7H,9H2,1-3H3. The Bertz CT molecular complexity index is 608. The maximum Gasteiger partial charge on any atom is 0.136 e. The fourth-order valence-corrected chi connectivity index (χ4v) is 1.93. The van der Waals surface area contributed by atoms with Crippen LogP contribution in [0, 0.1) is 25.2 Å². The van der Waals surface area contributed by atoms with Crippen LogP contribution in [-0.2, 0) is 6.54 Å². The molecule has 0 bridgehead atoms. The molecule has 0 unspecified atom stereocenters. The Morgan fingerprint density at radius 3 is 2.67 bits per heavy atom. The van der Waals surface area contributed by atoms with E-state index >= 15 is 0 Å². The summed E-state index contributed by atoms with van der Waals surface area (Å²) in [6.45, 7) is 4.69. The fraction of sp³-hybridized carbons (Fsp3) is 0.286. The van der Waals surface area contributed by atoms with E-state index in [4.69, 9.17) is 10.00 Å². The van der Waals surface area contributed by atoms with Crippen LogP contribution in [0.4, 0.5) is 0 Å². The van der Waals surface area contributed by atoms with E-state index in [-0.39, 0.29) is 0 Å². The van der Waals surface area contributed by atoms with E-state index in [1.54, 1.807) is 13.2 Å². The van der Waals surface area contributed by atoms with Crippen molar-refractivity contribution in [2.24, 2.45) is 0 Å². The molecule has 0 N–H and O–H groups in total. The van der Waals surface area contributed by atoms with Crippen molar-refractivity contribution < 1.29 is 4.74 Å². The zero-order valence-corrected chi connectivity index (χ0v) is 10.8. The number of nitriles is 1. The number of hydrogen-bond donors (Lipinski definition) is 0. The SMILES string of the molecule is COc1cc(Cn2nc(C)cc2C)ccc1C#N. The van der Waals surface area contributed by atoms with Gasteiger partial charge in [0.05, 0.1) is 24.9 Å². The second-order valence-corrected chi connectivity index (χ2v) is 4.23. The van der Waals surface area contributed by atoms with Crippen molar-refractivity contribution in [3.63, 3.8) is 0 Å². The highest BCUT2D eigenvalue weighted by Crippen LogP contribution is 2.20. The zero-order chi connectivity index (χ0) is 13.1. The van der Waals surface area contributed by atoms with Gasteiger partial charge in [-0.15, -0.1) is 0 Å². The molecular formula is C14H15N3O. The Balaban J connectivity index is 2.30. The fourth-order valence-electron chi connectivity index (χ4n) is 1.93. The molecule has 0 aliphatic heterocycles. The highest BCUT2D eigenvalue weighted by Gasteiger charge is 2.06. The van der Waals surface area contributed by atoms with Crippen molar-refractivity contribution in [3.8, 4) is 11.8 Å². The average molecular weight is 241 g/mol. The van der Waals surface area contributed by atoms with Crippen molar-refractivity contribution in [2.45, 2.75) is 20.4 Å². The first kappa shape index (κ1) is 12.2. The topological polar surface area (TPSA) is 50.8 Å². The molecule has 0 atom stereocenters. The van der Waals surface area contributed by atoms with Crippen LogP contribution < -0.4 is 4.74 Å². The lowest BCUT2D eigenvalue weighted by molar-refractivity contribution is 0.412. The molecule has 92 valence electrons. The summed E-state index contributed by atoms with van der Waals surface area (Å²) >= 11 is 0. The highest BCUT2D eigenvalue weighted by atomic mass is 16.5. The van der Waals surface area contributed by atoms with Crippen molar-refractivity contribution in [3.05, 3.63) is 46.8 Å². The Morgan fingerprint density at radius 1 is 1.33 bits per heavy atom. The first-order valence-corrected chi connectivity index (χ1v) is 5.72. The van der Waals surface area contributed by atoms with E-state index in [2.05, 4.69) is 11.2 Å². The van der Waals surface area contributed by atoms with Gasteiger partial charge < -0.3 is 4.74 Å². The molecule has 1 heterocycles. The van der Waals surface area contributed by atoms with Gasteiger partial charge in [-0.05, 0) is 37.6 Å². The lowest BCUT2D eigenvalue weighted by Gasteiger charge is -2.08. The third-order valence-corrected chi connectivity index (χ3v) is 2.82. The maximum absolute atomic E-state index is 8.93. The van der Waals surface area contributed by atoms with E-state index in [1.165, 1.54) is 0 Å². The average Bonchev–Trinajstić information content (AvgIpc) is 2.67. The number of nitrogens with zero attached hydrogens (tertiary/aromatic N) is 3. The number of benzene rings is 1. The van der Waals surface area contributed by atoms with Crippen LogP contribution in [0.5, 0.6) is 5.75 Å². The number of aryl methyl sites for hydroxylation is 2. The molecule has 0 amide bonds. The van der Waals surface area contributed by atoms with Gasteiger partial charge in [-0.25, -0.2) is 0 Å². The van der Waals surface area contributed by atoms with Gasteiger partial charge in [0.15, 0.2) is 0 Å². The molecule has 0 aliphatic carbocycles. The number of ether oxygens (including phenoxy) is 1. The van der Waals surface area contributed by atoms with Crippen LogP contribution in [0.25, 0.3) is 0 Å². The van der Waals surface area contributed by atoms with Crippen molar-refractivity contribution >= 4 is 0 Å². The summed E-state index contributed by atoms with van der Waals surface area (Å²) in [4.78, 5) is 0. The van der Waals surface area contributed by atoms with E-state index in [0.717, 1.165) is 17.0 Å². The first-order chi connectivity index (χ1) is 8.63.